The Bertz CT molecular complexity index is 1580. The first-order chi connectivity index (χ1) is 19.6. The molecule has 0 bridgehead atoms. The quantitative estimate of drug-likeness (QED) is 0.172. The molecule has 2 aromatic heterocycles. The third-order valence-electron chi connectivity index (χ3n) is 7.42. The van der Waals surface area contributed by atoms with Gasteiger partial charge in [-0.25, -0.2) is 9.79 Å². The van der Waals surface area contributed by atoms with Gasteiger partial charge in [0.1, 0.15) is 16.5 Å². The number of aliphatic imine (C=N–C) groups is 1. The topological polar surface area (TPSA) is 80.9 Å². The van der Waals surface area contributed by atoms with Gasteiger partial charge in [0.25, 0.3) is 5.91 Å². The third-order valence-corrected chi connectivity index (χ3v) is 8.83. The predicted molar refractivity (Wildman–Crippen MR) is 166 cm³/mol. The number of amides is 1. The Labute approximate surface area is 249 Å². The maximum absolute atomic E-state index is 13.6. The average Bonchev–Trinajstić information content (AvgIpc) is 3.57. The zero-order chi connectivity index (χ0) is 29.1. The molecule has 0 fully saturated rings. The summed E-state index contributed by atoms with van der Waals surface area (Å²) < 4.78 is 11.1. The fourth-order valence-electron chi connectivity index (χ4n) is 5.05. The largest absolute Gasteiger partial charge is 0.462 e. The van der Waals surface area contributed by atoms with Gasteiger partial charge < -0.3 is 14.5 Å². The smallest absolute Gasteiger partial charge is 0.338 e. The number of nitrogens with zero attached hydrogens (tertiary/aromatic N) is 1. The van der Waals surface area contributed by atoms with Crippen LogP contribution in [-0.4, -0.2) is 24.7 Å². The summed E-state index contributed by atoms with van der Waals surface area (Å²) in [4.78, 5) is 31.5. The Morgan fingerprint density at radius 1 is 1.10 bits per heavy atom. The number of fused-ring (bicyclic) bond motifs is 1. The molecule has 6 nitrogen and oxygen atoms in total. The first kappa shape index (κ1) is 28.8. The normalized spacial score (nSPS) is 15.1. The molecule has 1 N–H and O–H groups in total. The van der Waals surface area contributed by atoms with Crippen molar-refractivity contribution in [2.75, 3.05) is 11.9 Å². The predicted octanol–water partition coefficient (Wildman–Crippen LogP) is 8.99. The molecule has 4 aromatic rings. The number of ether oxygens (including phenoxy) is 1. The van der Waals surface area contributed by atoms with Crippen molar-refractivity contribution in [1.29, 1.82) is 0 Å². The standard InChI is InChI=1S/C33H33ClN2O4S/c1-5-39-32(38)21-8-6-20(7-9-21)27-17-15-25(40-27)19-35-31-29(30(37)36-24-13-11-23(34)12-14-24)26-16-10-22(33(2,3)4)18-28(26)41-31/h6-9,11-15,17,19,22H,5,10,16,18H2,1-4H3,(H,36,37)/t22-/m1/s1. The van der Waals surface area contributed by atoms with Gasteiger partial charge in [-0.15, -0.1) is 11.3 Å². The van der Waals surface area contributed by atoms with E-state index in [0.29, 0.717) is 50.9 Å². The molecular weight excluding hydrogens is 556 g/mol. The van der Waals surface area contributed by atoms with Crippen LogP contribution < -0.4 is 5.32 Å². The minimum atomic E-state index is -0.352. The first-order valence-electron chi connectivity index (χ1n) is 13.7. The second kappa shape index (κ2) is 12.0. The number of halogens is 1. The summed E-state index contributed by atoms with van der Waals surface area (Å²) in [5.74, 6) is 1.24. The number of carbonyl (C=O) groups excluding carboxylic acids is 2. The van der Waals surface area contributed by atoms with E-state index in [9.17, 15) is 9.59 Å². The highest BCUT2D eigenvalue weighted by molar-refractivity contribution is 7.16. The van der Waals surface area contributed by atoms with Crippen LogP contribution in [-0.2, 0) is 17.6 Å². The fraction of sp³-hybridized carbons (Fsp3) is 0.303. The summed E-state index contributed by atoms with van der Waals surface area (Å²) in [5, 5.41) is 4.31. The number of hydrogen-bond donors (Lipinski definition) is 1. The highest BCUT2D eigenvalue weighted by Crippen LogP contribution is 2.45. The molecule has 1 aliphatic rings. The van der Waals surface area contributed by atoms with Crippen LogP contribution in [0.1, 0.15) is 71.0 Å². The van der Waals surface area contributed by atoms with Crippen LogP contribution in [0.4, 0.5) is 10.7 Å². The van der Waals surface area contributed by atoms with Crippen molar-refractivity contribution in [2.45, 2.75) is 47.0 Å². The second-order valence-corrected chi connectivity index (χ2v) is 12.7. The highest BCUT2D eigenvalue weighted by Gasteiger charge is 2.33. The van der Waals surface area contributed by atoms with Gasteiger partial charge in [-0.05, 0) is 91.6 Å². The van der Waals surface area contributed by atoms with E-state index in [0.717, 1.165) is 30.4 Å². The molecule has 2 aromatic carbocycles. The van der Waals surface area contributed by atoms with Gasteiger partial charge in [-0.2, -0.15) is 0 Å². The van der Waals surface area contributed by atoms with E-state index in [2.05, 4.69) is 26.1 Å². The van der Waals surface area contributed by atoms with Crippen LogP contribution in [0.2, 0.25) is 5.02 Å². The molecule has 0 saturated heterocycles. The molecule has 0 saturated carbocycles. The van der Waals surface area contributed by atoms with Crippen molar-refractivity contribution in [2.24, 2.45) is 16.3 Å². The number of benzene rings is 2. The number of rotatable bonds is 7. The van der Waals surface area contributed by atoms with E-state index in [4.69, 9.17) is 25.7 Å². The van der Waals surface area contributed by atoms with Gasteiger partial charge in [-0.3, -0.25) is 4.79 Å². The Morgan fingerprint density at radius 3 is 2.51 bits per heavy atom. The van der Waals surface area contributed by atoms with E-state index < -0.39 is 0 Å². The lowest BCUT2D eigenvalue weighted by atomic mass is 9.72. The monoisotopic (exact) mass is 588 g/mol. The van der Waals surface area contributed by atoms with Crippen molar-refractivity contribution in [3.8, 4) is 11.3 Å². The molecule has 0 unspecified atom stereocenters. The lowest BCUT2D eigenvalue weighted by molar-refractivity contribution is 0.0526. The molecule has 5 rings (SSSR count). The number of furan rings is 1. The fourth-order valence-corrected chi connectivity index (χ4v) is 6.44. The molecule has 1 aliphatic carbocycles. The van der Waals surface area contributed by atoms with Gasteiger partial charge in [0.2, 0.25) is 0 Å². The van der Waals surface area contributed by atoms with E-state index in [1.807, 2.05) is 24.3 Å². The minimum absolute atomic E-state index is 0.173. The maximum Gasteiger partial charge on any atom is 0.338 e. The van der Waals surface area contributed by atoms with Gasteiger partial charge >= 0.3 is 5.97 Å². The van der Waals surface area contributed by atoms with E-state index in [1.54, 1.807) is 60.9 Å². The number of nitrogens with one attached hydrogen (secondary N) is 1. The van der Waals surface area contributed by atoms with Crippen molar-refractivity contribution < 1.29 is 18.7 Å². The van der Waals surface area contributed by atoms with Gasteiger partial charge in [0.15, 0.2) is 0 Å². The maximum atomic E-state index is 13.6. The van der Waals surface area contributed by atoms with Crippen LogP contribution >= 0.6 is 22.9 Å². The van der Waals surface area contributed by atoms with E-state index in [1.165, 1.54) is 4.88 Å². The number of anilines is 1. The second-order valence-electron chi connectivity index (χ2n) is 11.2. The molecular formula is C33H33ClN2O4S. The van der Waals surface area contributed by atoms with Crippen molar-refractivity contribution in [3.63, 3.8) is 0 Å². The SMILES string of the molecule is CCOC(=O)c1ccc(-c2ccc(C=Nc3sc4c(c3C(=O)Nc3ccc(Cl)cc3)CC[C@@H](C(C)(C)C)C4)o2)cc1. The summed E-state index contributed by atoms with van der Waals surface area (Å²) in [5.41, 5.74) is 3.92. The summed E-state index contributed by atoms with van der Waals surface area (Å²) in [6.07, 6.45) is 4.48. The average molecular weight is 589 g/mol. The van der Waals surface area contributed by atoms with Crippen LogP contribution in [0.15, 0.2) is 70.1 Å². The minimum Gasteiger partial charge on any atom is -0.462 e. The Balaban J connectivity index is 1.41. The van der Waals surface area contributed by atoms with Gasteiger partial charge in [-0.1, -0.05) is 44.5 Å². The van der Waals surface area contributed by atoms with Gasteiger partial charge in [0.05, 0.1) is 23.9 Å². The molecule has 0 spiro atoms. The zero-order valence-corrected chi connectivity index (χ0v) is 25.2. The Kier molecular flexibility index (Phi) is 8.47. The van der Waals surface area contributed by atoms with Crippen LogP contribution in [0.3, 0.4) is 0 Å². The molecule has 0 radical (unpaired) electrons. The molecule has 1 amide bonds. The van der Waals surface area contributed by atoms with Crippen LogP contribution in [0.25, 0.3) is 11.3 Å². The van der Waals surface area contributed by atoms with Crippen LogP contribution in [0.5, 0.6) is 0 Å². The molecule has 212 valence electrons. The number of hydrogen-bond acceptors (Lipinski definition) is 6. The number of thiophene rings is 1. The Morgan fingerprint density at radius 2 is 1.83 bits per heavy atom. The van der Waals surface area contributed by atoms with E-state index >= 15 is 0 Å². The van der Waals surface area contributed by atoms with Crippen molar-refractivity contribution in [3.05, 3.63) is 93.0 Å². The zero-order valence-electron chi connectivity index (χ0n) is 23.6. The third kappa shape index (κ3) is 6.63. The lowest BCUT2D eigenvalue weighted by Crippen LogP contribution is -2.27. The summed E-state index contributed by atoms with van der Waals surface area (Å²) in [6, 6.07) is 17.9. The van der Waals surface area contributed by atoms with Gasteiger partial charge in [0, 0.05) is 21.2 Å². The molecule has 2 heterocycles. The summed E-state index contributed by atoms with van der Waals surface area (Å²) >= 11 is 7.62. The number of esters is 1. The molecule has 0 aliphatic heterocycles. The summed E-state index contributed by atoms with van der Waals surface area (Å²) in [6.45, 7) is 8.95. The van der Waals surface area contributed by atoms with E-state index in [-0.39, 0.29) is 17.3 Å². The van der Waals surface area contributed by atoms with Crippen LogP contribution in [0, 0.1) is 11.3 Å². The first-order valence-corrected chi connectivity index (χ1v) is 14.9. The number of carbonyl (C=O) groups is 2. The molecule has 1 atom stereocenters. The molecule has 8 heteroatoms. The molecule has 41 heavy (non-hydrogen) atoms. The highest BCUT2D eigenvalue weighted by atomic mass is 35.5. The Hall–Kier alpha value is -3.68. The summed E-state index contributed by atoms with van der Waals surface area (Å²) in [7, 11) is 0. The lowest BCUT2D eigenvalue weighted by Gasteiger charge is -2.33. The van der Waals surface area contributed by atoms with Crippen molar-refractivity contribution in [1.82, 2.24) is 0 Å². The van der Waals surface area contributed by atoms with Crippen molar-refractivity contribution >= 4 is 51.7 Å².